The number of esters is 1. The van der Waals surface area contributed by atoms with Crippen molar-refractivity contribution < 1.29 is 19.4 Å². The van der Waals surface area contributed by atoms with E-state index in [4.69, 9.17) is 9.84 Å². The van der Waals surface area contributed by atoms with Gasteiger partial charge in [0.25, 0.3) is 0 Å². The molecule has 0 atom stereocenters. The largest absolute Gasteiger partial charge is 0.478 e. The Balaban J connectivity index is 2.33. The third-order valence-corrected chi connectivity index (χ3v) is 2.73. The minimum absolute atomic E-state index is 0.198. The van der Waals surface area contributed by atoms with Crippen LogP contribution in [-0.4, -0.2) is 33.4 Å². The number of hydrogen-bond acceptors (Lipinski definition) is 4. The summed E-state index contributed by atoms with van der Waals surface area (Å²) in [5.74, 6) is -1.46. The minimum Gasteiger partial charge on any atom is -0.478 e. The van der Waals surface area contributed by atoms with Crippen molar-refractivity contribution in [3.05, 3.63) is 47.3 Å². The molecular weight excluding hydrogens is 260 g/mol. The Morgan fingerprint density at radius 3 is 2.50 bits per heavy atom. The first-order chi connectivity index (χ1) is 9.52. The number of rotatable bonds is 4. The van der Waals surface area contributed by atoms with E-state index < -0.39 is 11.9 Å². The summed E-state index contributed by atoms with van der Waals surface area (Å²) in [5.41, 5.74) is 1.87. The van der Waals surface area contributed by atoms with Crippen LogP contribution < -0.4 is 0 Å². The van der Waals surface area contributed by atoms with Crippen molar-refractivity contribution in [2.75, 3.05) is 6.61 Å². The molecule has 2 aromatic rings. The van der Waals surface area contributed by atoms with Gasteiger partial charge in [0.05, 0.1) is 17.9 Å². The Hall–Kier alpha value is -2.63. The molecule has 6 heteroatoms. The molecule has 0 amide bonds. The second kappa shape index (κ2) is 5.56. The number of carbonyl (C=O) groups is 2. The van der Waals surface area contributed by atoms with Gasteiger partial charge in [-0.25, -0.2) is 14.3 Å². The highest BCUT2D eigenvalue weighted by Gasteiger charge is 2.14. The lowest BCUT2D eigenvalue weighted by molar-refractivity contribution is 0.0518. The monoisotopic (exact) mass is 274 g/mol. The zero-order chi connectivity index (χ0) is 14.7. The summed E-state index contributed by atoms with van der Waals surface area (Å²) in [6.07, 6.45) is 0. The topological polar surface area (TPSA) is 81.4 Å². The fourth-order valence-corrected chi connectivity index (χ4v) is 1.79. The van der Waals surface area contributed by atoms with Crippen molar-refractivity contribution in [3.63, 3.8) is 0 Å². The predicted molar refractivity (Wildman–Crippen MR) is 71.2 cm³/mol. The molecular formula is C14H14N2O4. The second-order valence-corrected chi connectivity index (χ2v) is 4.16. The van der Waals surface area contributed by atoms with E-state index in [1.165, 1.54) is 12.1 Å². The normalized spacial score (nSPS) is 10.3. The fraction of sp³-hybridized carbons (Fsp3) is 0.214. The average molecular weight is 274 g/mol. The molecule has 0 aliphatic rings. The molecule has 0 spiro atoms. The summed E-state index contributed by atoms with van der Waals surface area (Å²) in [7, 11) is 0. The highest BCUT2D eigenvalue weighted by molar-refractivity contribution is 5.88. The molecule has 6 nitrogen and oxygen atoms in total. The van der Waals surface area contributed by atoms with Gasteiger partial charge in [0.1, 0.15) is 0 Å². The van der Waals surface area contributed by atoms with Gasteiger partial charge in [-0.3, -0.25) is 0 Å². The average Bonchev–Trinajstić information content (AvgIpc) is 2.81. The van der Waals surface area contributed by atoms with Crippen LogP contribution in [0, 0.1) is 6.92 Å². The quantitative estimate of drug-likeness (QED) is 0.863. The predicted octanol–water partition coefficient (Wildman–Crippen LogP) is 2.06. The standard InChI is InChI=1S/C14H14N2O4/c1-3-20-14(19)12-8-9(2)16(15-12)11-6-4-10(5-7-11)13(17)18/h4-8H,3H2,1-2H3,(H,17,18). The van der Waals surface area contributed by atoms with Crippen LogP contribution in [0.1, 0.15) is 33.5 Å². The molecule has 0 saturated heterocycles. The summed E-state index contributed by atoms with van der Waals surface area (Å²) < 4.78 is 6.46. The molecule has 0 radical (unpaired) electrons. The van der Waals surface area contributed by atoms with Gasteiger partial charge < -0.3 is 9.84 Å². The molecule has 0 aliphatic carbocycles. The maximum atomic E-state index is 11.6. The highest BCUT2D eigenvalue weighted by atomic mass is 16.5. The molecule has 0 saturated carbocycles. The van der Waals surface area contributed by atoms with Crippen LogP contribution in [0.2, 0.25) is 0 Å². The number of aromatic carboxylic acids is 1. The smallest absolute Gasteiger partial charge is 0.358 e. The van der Waals surface area contributed by atoms with Crippen molar-refractivity contribution >= 4 is 11.9 Å². The van der Waals surface area contributed by atoms with E-state index in [-0.39, 0.29) is 17.9 Å². The summed E-state index contributed by atoms with van der Waals surface area (Å²) in [6.45, 7) is 3.82. The zero-order valence-corrected chi connectivity index (χ0v) is 11.2. The Kier molecular flexibility index (Phi) is 3.84. The molecule has 0 bridgehead atoms. The van der Waals surface area contributed by atoms with Crippen LogP contribution in [0.4, 0.5) is 0 Å². The van der Waals surface area contributed by atoms with Crippen LogP contribution in [0.3, 0.4) is 0 Å². The van der Waals surface area contributed by atoms with E-state index in [9.17, 15) is 9.59 Å². The lowest BCUT2D eigenvalue weighted by atomic mass is 10.2. The number of aromatic nitrogens is 2. The van der Waals surface area contributed by atoms with Crippen LogP contribution >= 0.6 is 0 Å². The number of nitrogens with zero attached hydrogens (tertiary/aromatic N) is 2. The van der Waals surface area contributed by atoms with Crippen molar-refractivity contribution in [2.24, 2.45) is 0 Å². The molecule has 104 valence electrons. The molecule has 1 aromatic heterocycles. The highest BCUT2D eigenvalue weighted by Crippen LogP contribution is 2.14. The van der Waals surface area contributed by atoms with Gasteiger partial charge >= 0.3 is 11.9 Å². The molecule has 2 rings (SSSR count). The number of carboxylic acid groups (broad SMARTS) is 1. The third kappa shape index (κ3) is 2.69. The van der Waals surface area contributed by atoms with Gasteiger partial charge in [0.15, 0.2) is 5.69 Å². The molecule has 1 N–H and O–H groups in total. The van der Waals surface area contributed by atoms with Crippen molar-refractivity contribution in [1.82, 2.24) is 9.78 Å². The number of benzene rings is 1. The summed E-state index contributed by atoms with van der Waals surface area (Å²) in [5, 5.41) is 13.0. The summed E-state index contributed by atoms with van der Waals surface area (Å²) in [4.78, 5) is 22.4. The van der Waals surface area contributed by atoms with Crippen LogP contribution in [0.5, 0.6) is 0 Å². The lowest BCUT2D eigenvalue weighted by Gasteiger charge is -2.04. The number of hydrogen-bond donors (Lipinski definition) is 1. The zero-order valence-electron chi connectivity index (χ0n) is 11.2. The molecule has 1 heterocycles. The number of carboxylic acids is 1. The van der Waals surface area contributed by atoms with Crippen molar-refractivity contribution in [1.29, 1.82) is 0 Å². The Labute approximate surface area is 115 Å². The van der Waals surface area contributed by atoms with E-state index in [0.29, 0.717) is 5.69 Å². The Morgan fingerprint density at radius 1 is 1.30 bits per heavy atom. The van der Waals surface area contributed by atoms with Crippen LogP contribution in [0.25, 0.3) is 5.69 Å². The first-order valence-corrected chi connectivity index (χ1v) is 6.10. The SMILES string of the molecule is CCOC(=O)c1cc(C)n(-c2ccc(C(=O)O)cc2)n1. The van der Waals surface area contributed by atoms with Gasteiger partial charge in [-0.05, 0) is 44.2 Å². The van der Waals surface area contributed by atoms with E-state index in [1.54, 1.807) is 36.7 Å². The Morgan fingerprint density at radius 2 is 1.95 bits per heavy atom. The number of carbonyl (C=O) groups excluding carboxylic acids is 1. The van der Waals surface area contributed by atoms with E-state index >= 15 is 0 Å². The van der Waals surface area contributed by atoms with E-state index in [0.717, 1.165) is 5.69 Å². The van der Waals surface area contributed by atoms with E-state index in [1.807, 2.05) is 0 Å². The van der Waals surface area contributed by atoms with Crippen molar-refractivity contribution in [2.45, 2.75) is 13.8 Å². The first kappa shape index (κ1) is 13.8. The summed E-state index contributed by atoms with van der Waals surface area (Å²) >= 11 is 0. The maximum Gasteiger partial charge on any atom is 0.358 e. The van der Waals surface area contributed by atoms with E-state index in [2.05, 4.69) is 5.10 Å². The van der Waals surface area contributed by atoms with Gasteiger partial charge in [-0.2, -0.15) is 5.10 Å². The van der Waals surface area contributed by atoms with Crippen molar-refractivity contribution in [3.8, 4) is 5.69 Å². The van der Waals surface area contributed by atoms with Gasteiger partial charge in [-0.1, -0.05) is 0 Å². The van der Waals surface area contributed by atoms with Gasteiger partial charge in [0, 0.05) is 5.69 Å². The summed E-state index contributed by atoms with van der Waals surface area (Å²) in [6, 6.07) is 7.88. The molecule has 0 fully saturated rings. The minimum atomic E-state index is -0.985. The van der Waals surface area contributed by atoms with Gasteiger partial charge in [-0.15, -0.1) is 0 Å². The fourth-order valence-electron chi connectivity index (χ4n) is 1.79. The lowest BCUT2D eigenvalue weighted by Crippen LogP contribution is -2.07. The third-order valence-electron chi connectivity index (χ3n) is 2.73. The molecule has 1 aromatic carbocycles. The molecule has 0 aliphatic heterocycles. The first-order valence-electron chi connectivity index (χ1n) is 6.10. The molecule has 0 unspecified atom stereocenters. The van der Waals surface area contributed by atoms with Gasteiger partial charge in [0.2, 0.25) is 0 Å². The van der Waals surface area contributed by atoms with Crippen LogP contribution in [0.15, 0.2) is 30.3 Å². The van der Waals surface area contributed by atoms with Crippen LogP contribution in [-0.2, 0) is 4.74 Å². The second-order valence-electron chi connectivity index (χ2n) is 4.16. The maximum absolute atomic E-state index is 11.6. The number of aryl methyl sites for hydroxylation is 1. The number of ether oxygens (including phenoxy) is 1. The molecule has 20 heavy (non-hydrogen) atoms. The Bertz CT molecular complexity index is 644.